The van der Waals surface area contributed by atoms with Crippen molar-refractivity contribution in [2.45, 2.75) is 64.4 Å². The lowest BCUT2D eigenvalue weighted by Crippen LogP contribution is -2.24. The number of pyridine rings is 1. The number of urea groups is 1. The Labute approximate surface area is 233 Å². The van der Waals surface area contributed by atoms with Gasteiger partial charge in [0, 0.05) is 30.8 Å². The maximum Gasteiger partial charge on any atom is 0.318 e. The van der Waals surface area contributed by atoms with Gasteiger partial charge in [0.25, 0.3) is 10.0 Å². The minimum atomic E-state index is -3.75. The van der Waals surface area contributed by atoms with Gasteiger partial charge in [0.05, 0.1) is 11.0 Å². The molecule has 1 fully saturated rings. The number of nitrogens with one attached hydrogen (secondary N) is 3. The Morgan fingerprint density at radius 3 is 2.21 bits per heavy atom. The van der Waals surface area contributed by atoms with E-state index in [0.29, 0.717) is 17.3 Å². The Kier molecular flexibility index (Phi) is 12.9. The van der Waals surface area contributed by atoms with Gasteiger partial charge in [0.15, 0.2) is 0 Å². The van der Waals surface area contributed by atoms with E-state index in [9.17, 15) is 18.3 Å². The van der Waals surface area contributed by atoms with Gasteiger partial charge in [0.1, 0.15) is 0 Å². The average Bonchev–Trinajstić information content (AvgIpc) is 3.45. The number of hydrogen-bond acceptors (Lipinski definition) is 5. The summed E-state index contributed by atoms with van der Waals surface area (Å²) in [6, 6.07) is 16.8. The van der Waals surface area contributed by atoms with E-state index in [2.05, 4.69) is 20.3 Å². The number of sulfonamides is 1. The Hall–Kier alpha value is -3.43. The molecule has 0 spiro atoms. The van der Waals surface area contributed by atoms with E-state index < -0.39 is 16.1 Å². The number of carbonyl (C=O) groups is 1. The Bertz CT molecular complexity index is 1230. The summed E-state index contributed by atoms with van der Waals surface area (Å²) in [6.07, 6.45) is 6.84. The van der Waals surface area contributed by atoms with Gasteiger partial charge in [-0.25, -0.2) is 13.2 Å². The molecule has 212 valence electrons. The van der Waals surface area contributed by atoms with Crippen LogP contribution in [-0.2, 0) is 16.4 Å². The topological polar surface area (TPSA) is 120 Å². The molecule has 0 aliphatic heterocycles. The molecule has 1 heterocycles. The molecule has 1 aliphatic rings. The third-order valence-corrected chi connectivity index (χ3v) is 7.83. The zero-order chi connectivity index (χ0) is 28.8. The van der Waals surface area contributed by atoms with E-state index in [-0.39, 0.29) is 16.8 Å². The van der Waals surface area contributed by atoms with Crippen LogP contribution in [0.15, 0.2) is 78.0 Å². The first-order valence-corrected chi connectivity index (χ1v) is 15.1. The van der Waals surface area contributed by atoms with Crippen LogP contribution in [0.1, 0.15) is 64.2 Å². The van der Waals surface area contributed by atoms with Gasteiger partial charge in [0.2, 0.25) is 0 Å². The Morgan fingerprint density at radius 1 is 0.974 bits per heavy atom. The number of aliphatic hydroxyl groups is 1. The van der Waals surface area contributed by atoms with Crippen molar-refractivity contribution in [2.75, 3.05) is 17.1 Å². The summed E-state index contributed by atoms with van der Waals surface area (Å²) in [4.78, 5) is 15.6. The molecule has 4 rings (SSSR count). The lowest BCUT2D eigenvalue weighted by Gasteiger charge is -2.18. The van der Waals surface area contributed by atoms with Crippen molar-refractivity contribution < 1.29 is 18.3 Å². The molecular weight excluding hydrogens is 512 g/mol. The normalized spacial score (nSPS) is 17.0. The molecule has 2 amide bonds. The highest BCUT2D eigenvalue weighted by Crippen LogP contribution is 2.40. The first-order valence-electron chi connectivity index (χ1n) is 13.6. The molecule has 3 atom stereocenters. The summed E-state index contributed by atoms with van der Waals surface area (Å²) in [7, 11) is -2.25. The van der Waals surface area contributed by atoms with Gasteiger partial charge in [-0.2, -0.15) is 0 Å². The summed E-state index contributed by atoms with van der Waals surface area (Å²) in [5.74, 6) is 0.712. The van der Waals surface area contributed by atoms with Crippen LogP contribution in [-0.4, -0.2) is 31.6 Å². The number of anilines is 2. The van der Waals surface area contributed by atoms with Crippen molar-refractivity contribution in [1.29, 1.82) is 0 Å². The van der Waals surface area contributed by atoms with Crippen LogP contribution in [0.25, 0.3) is 0 Å². The molecule has 2 aromatic carbocycles. The van der Waals surface area contributed by atoms with E-state index in [1.165, 1.54) is 31.3 Å². The number of benzene rings is 2. The van der Waals surface area contributed by atoms with Crippen molar-refractivity contribution in [3.8, 4) is 0 Å². The van der Waals surface area contributed by atoms with Gasteiger partial charge >= 0.3 is 6.03 Å². The fourth-order valence-corrected chi connectivity index (χ4v) is 5.63. The molecule has 4 N–H and O–H groups in total. The van der Waals surface area contributed by atoms with Crippen molar-refractivity contribution in [3.63, 3.8) is 0 Å². The predicted octanol–water partition coefficient (Wildman–Crippen LogP) is 6.38. The van der Waals surface area contributed by atoms with Crippen LogP contribution in [0, 0.1) is 11.8 Å². The molecule has 0 saturated heterocycles. The number of rotatable bonds is 8. The Balaban J connectivity index is 0.00000127. The molecule has 1 saturated carbocycles. The van der Waals surface area contributed by atoms with E-state index in [0.717, 1.165) is 36.8 Å². The highest BCUT2D eigenvalue weighted by Gasteiger charge is 2.30. The van der Waals surface area contributed by atoms with Crippen molar-refractivity contribution in [2.24, 2.45) is 11.8 Å². The summed E-state index contributed by atoms with van der Waals surface area (Å²) in [5, 5.41) is 15.7. The monoisotopic (exact) mass is 554 g/mol. The molecular formula is C30H42N4O4S. The molecule has 1 aromatic heterocycles. The number of carbonyl (C=O) groups excluding carboxylic acids is 1. The standard InChI is InChI=1S/C26H30N4O4S.2C2H6/c1-27-26(32)29-22-10-12-24(13-11-22)35(33,34)30-23-8-5-18(6-9-23)15-19-4-7-20(16-19)25(31)21-3-2-14-28-17-21;2*1-2/h2-3,5-6,8-14,17,19-20,25,30-31H,4,7,15-16H2,1H3,(H2,27,29,32);2*1-2H3/t19?,20-,25-;;/m0../s1. The molecule has 1 aliphatic carbocycles. The second kappa shape index (κ2) is 15.9. The largest absolute Gasteiger partial charge is 0.388 e. The van der Waals surface area contributed by atoms with Crippen LogP contribution in [0.2, 0.25) is 0 Å². The molecule has 0 bridgehead atoms. The summed E-state index contributed by atoms with van der Waals surface area (Å²) in [5.41, 5.74) is 2.98. The lowest BCUT2D eigenvalue weighted by molar-refractivity contribution is 0.109. The van der Waals surface area contributed by atoms with Crippen LogP contribution >= 0.6 is 0 Å². The zero-order valence-electron chi connectivity index (χ0n) is 23.5. The fraction of sp³-hybridized carbons (Fsp3) is 0.400. The zero-order valence-corrected chi connectivity index (χ0v) is 24.3. The SMILES string of the molecule is CC.CC.CNC(=O)Nc1ccc(S(=O)(=O)Nc2ccc(CC3CC[C@H]([C@H](O)c4cccnc4)C3)cc2)cc1. The third kappa shape index (κ3) is 9.37. The van der Waals surface area contributed by atoms with Gasteiger partial charge in [-0.15, -0.1) is 0 Å². The second-order valence-corrected chi connectivity index (χ2v) is 10.6. The van der Waals surface area contributed by atoms with Crippen LogP contribution in [0.3, 0.4) is 0 Å². The average molecular weight is 555 g/mol. The van der Waals surface area contributed by atoms with Crippen LogP contribution in [0.5, 0.6) is 0 Å². The lowest BCUT2D eigenvalue weighted by atomic mass is 9.92. The summed E-state index contributed by atoms with van der Waals surface area (Å²) < 4.78 is 28.1. The molecule has 8 nitrogen and oxygen atoms in total. The van der Waals surface area contributed by atoms with E-state index >= 15 is 0 Å². The van der Waals surface area contributed by atoms with Crippen molar-refractivity contribution in [3.05, 3.63) is 84.2 Å². The summed E-state index contributed by atoms with van der Waals surface area (Å²) >= 11 is 0. The number of aliphatic hydroxyl groups excluding tert-OH is 1. The van der Waals surface area contributed by atoms with Crippen molar-refractivity contribution >= 4 is 27.4 Å². The maximum absolute atomic E-state index is 12.7. The Morgan fingerprint density at radius 2 is 1.62 bits per heavy atom. The molecule has 9 heteroatoms. The second-order valence-electron chi connectivity index (χ2n) is 8.91. The third-order valence-electron chi connectivity index (χ3n) is 6.43. The van der Waals surface area contributed by atoms with Gasteiger partial charge < -0.3 is 15.7 Å². The number of aromatic nitrogens is 1. The van der Waals surface area contributed by atoms with E-state index in [1.807, 2.05) is 52.0 Å². The fourth-order valence-electron chi connectivity index (χ4n) is 4.58. The number of amides is 2. The predicted molar refractivity (Wildman–Crippen MR) is 158 cm³/mol. The van der Waals surface area contributed by atoms with Gasteiger partial charge in [-0.1, -0.05) is 45.9 Å². The molecule has 0 radical (unpaired) electrons. The number of hydrogen-bond donors (Lipinski definition) is 4. The molecule has 39 heavy (non-hydrogen) atoms. The summed E-state index contributed by atoms with van der Waals surface area (Å²) in [6.45, 7) is 8.00. The maximum atomic E-state index is 12.7. The van der Waals surface area contributed by atoms with Gasteiger partial charge in [-0.05, 0) is 91.1 Å². The minimum Gasteiger partial charge on any atom is -0.388 e. The van der Waals surface area contributed by atoms with E-state index in [1.54, 1.807) is 24.5 Å². The highest BCUT2D eigenvalue weighted by molar-refractivity contribution is 7.92. The quantitative estimate of drug-likeness (QED) is 0.258. The smallest absolute Gasteiger partial charge is 0.318 e. The van der Waals surface area contributed by atoms with Gasteiger partial charge in [-0.3, -0.25) is 9.71 Å². The van der Waals surface area contributed by atoms with E-state index in [4.69, 9.17) is 0 Å². The first-order chi connectivity index (χ1) is 18.8. The number of nitrogens with zero attached hydrogens (tertiary/aromatic N) is 1. The molecule has 1 unspecified atom stereocenters. The van der Waals surface area contributed by atoms with Crippen LogP contribution in [0.4, 0.5) is 16.2 Å². The highest BCUT2D eigenvalue weighted by atomic mass is 32.2. The van der Waals surface area contributed by atoms with Crippen LogP contribution < -0.4 is 15.4 Å². The minimum absolute atomic E-state index is 0.105. The first kappa shape index (κ1) is 31.8. The van der Waals surface area contributed by atoms with Crippen molar-refractivity contribution in [1.82, 2.24) is 10.3 Å². The molecule has 3 aromatic rings.